The Balaban J connectivity index is 2.14. The minimum atomic E-state index is -2.23. The maximum Gasteiger partial charge on any atom is 0.232 e. The highest BCUT2D eigenvalue weighted by Crippen LogP contribution is 2.55. The van der Waals surface area contributed by atoms with Crippen LogP contribution in [0.25, 0.3) is 10.2 Å². The highest BCUT2D eigenvalue weighted by molar-refractivity contribution is 7.69. The van der Waals surface area contributed by atoms with Crippen LogP contribution in [0.5, 0.6) is 0 Å². The molecule has 0 atom stereocenters. The molecule has 0 spiro atoms. The molecule has 1 heterocycles. The van der Waals surface area contributed by atoms with Gasteiger partial charge in [-0.15, -0.1) is 4.85 Å². The minimum absolute atomic E-state index is 0.639. The molecule has 0 bridgehead atoms. The van der Waals surface area contributed by atoms with Crippen LogP contribution in [0.1, 0.15) is 27.7 Å². The van der Waals surface area contributed by atoms with Gasteiger partial charge in [0.15, 0.2) is 7.36 Å². The first-order valence-corrected chi connectivity index (χ1v) is 12.6. The maximum atomic E-state index is 4.96. The molecule has 0 saturated carbocycles. The van der Waals surface area contributed by atoms with E-state index in [1.807, 2.05) is 24.3 Å². The SMILES string of the molecule is CCN(CC)P(=NN=Nc1nc2ccccc2s1)(c1ccccc1)N(CC)CC. The summed E-state index contributed by atoms with van der Waals surface area (Å²) in [7, 11) is -2.23. The van der Waals surface area contributed by atoms with Crippen LogP contribution in [0.2, 0.25) is 0 Å². The molecule has 0 N–H and O–H groups in total. The normalized spacial score (nSPS) is 12.5. The van der Waals surface area contributed by atoms with Crippen LogP contribution in [0.15, 0.2) is 69.8 Å². The lowest BCUT2D eigenvalue weighted by Gasteiger charge is -2.41. The molecule has 0 aliphatic rings. The molecule has 0 amide bonds. The van der Waals surface area contributed by atoms with Crippen molar-refractivity contribution >= 4 is 39.3 Å². The van der Waals surface area contributed by atoms with Crippen LogP contribution in [0, 0.1) is 0 Å². The minimum Gasteiger partial charge on any atom is -0.253 e. The second kappa shape index (κ2) is 10.2. The standard InChI is InChI=1S/C21H29N6PS/c1-5-26(6-2)28(27(7-3)8-4,18-14-10-9-11-15-18)25-24-23-21-22-19-16-12-13-17-20(19)29-21/h9-17H,5-8H2,1-4H3. The zero-order valence-electron chi connectivity index (χ0n) is 17.6. The van der Waals surface area contributed by atoms with Crippen molar-refractivity contribution in [1.29, 1.82) is 0 Å². The van der Waals surface area contributed by atoms with Crippen molar-refractivity contribution in [2.45, 2.75) is 27.7 Å². The summed E-state index contributed by atoms with van der Waals surface area (Å²) >= 11 is 1.54. The van der Waals surface area contributed by atoms with Gasteiger partial charge in [-0.2, -0.15) is 0 Å². The van der Waals surface area contributed by atoms with Gasteiger partial charge in [0.05, 0.1) is 10.2 Å². The fraction of sp³-hybridized carbons (Fsp3) is 0.381. The van der Waals surface area contributed by atoms with Crippen molar-refractivity contribution in [3.8, 4) is 0 Å². The third-order valence-electron chi connectivity index (χ3n) is 4.93. The van der Waals surface area contributed by atoms with Gasteiger partial charge in [-0.1, -0.05) is 86.6 Å². The Morgan fingerprint density at radius 2 is 1.41 bits per heavy atom. The first-order chi connectivity index (χ1) is 14.2. The van der Waals surface area contributed by atoms with E-state index in [4.69, 9.17) is 4.85 Å². The molecular weight excluding hydrogens is 399 g/mol. The summed E-state index contributed by atoms with van der Waals surface area (Å²) in [6.07, 6.45) is 0. The average Bonchev–Trinajstić information content (AvgIpc) is 3.18. The zero-order valence-corrected chi connectivity index (χ0v) is 19.3. The van der Waals surface area contributed by atoms with E-state index in [9.17, 15) is 0 Å². The number of nitrogens with zero attached hydrogens (tertiary/aromatic N) is 6. The van der Waals surface area contributed by atoms with Gasteiger partial charge in [0.25, 0.3) is 0 Å². The Hall–Kier alpha value is -1.92. The van der Waals surface area contributed by atoms with Crippen LogP contribution in [0.3, 0.4) is 0 Å². The summed E-state index contributed by atoms with van der Waals surface area (Å²) in [5.74, 6) is 0. The molecule has 3 rings (SSSR count). The fourth-order valence-corrected chi connectivity index (χ4v) is 7.98. The molecule has 0 radical (unpaired) electrons. The number of aromatic nitrogens is 1. The largest absolute Gasteiger partial charge is 0.253 e. The second-order valence-electron chi connectivity index (χ2n) is 6.42. The summed E-state index contributed by atoms with van der Waals surface area (Å²) in [5.41, 5.74) is 0.947. The Bertz CT molecular complexity index is 944. The third kappa shape index (κ3) is 4.48. The molecule has 0 unspecified atom stereocenters. The van der Waals surface area contributed by atoms with E-state index in [0.717, 1.165) is 36.4 Å². The second-order valence-corrected chi connectivity index (χ2v) is 10.4. The van der Waals surface area contributed by atoms with E-state index in [0.29, 0.717) is 5.13 Å². The molecule has 1 aromatic heterocycles. The molecule has 6 nitrogen and oxygen atoms in total. The average molecular weight is 429 g/mol. The lowest BCUT2D eigenvalue weighted by molar-refractivity contribution is 0.419. The Labute approximate surface area is 177 Å². The lowest BCUT2D eigenvalue weighted by Crippen LogP contribution is -2.37. The Morgan fingerprint density at radius 1 is 0.828 bits per heavy atom. The summed E-state index contributed by atoms with van der Waals surface area (Å²) < 4.78 is 5.98. The van der Waals surface area contributed by atoms with E-state index in [2.05, 4.69) is 82.7 Å². The van der Waals surface area contributed by atoms with Crippen LogP contribution in [-0.2, 0) is 0 Å². The topological polar surface area (TPSA) is 56.5 Å². The first kappa shape index (κ1) is 21.8. The van der Waals surface area contributed by atoms with Crippen molar-refractivity contribution in [2.24, 2.45) is 15.2 Å². The molecular formula is C21H29N6PS. The smallest absolute Gasteiger partial charge is 0.232 e. The van der Waals surface area contributed by atoms with Crippen molar-refractivity contribution in [3.63, 3.8) is 0 Å². The van der Waals surface area contributed by atoms with E-state index < -0.39 is 7.36 Å². The molecule has 0 aliphatic carbocycles. The Morgan fingerprint density at radius 3 is 2.00 bits per heavy atom. The molecule has 8 heteroatoms. The van der Waals surface area contributed by atoms with Gasteiger partial charge in [-0.25, -0.2) is 4.98 Å². The van der Waals surface area contributed by atoms with Crippen LogP contribution in [0.4, 0.5) is 5.13 Å². The van der Waals surface area contributed by atoms with Crippen LogP contribution < -0.4 is 5.30 Å². The number of thiazole rings is 1. The van der Waals surface area contributed by atoms with Crippen molar-refractivity contribution in [3.05, 3.63) is 54.6 Å². The molecule has 154 valence electrons. The number of hydrogen-bond acceptors (Lipinski definition) is 3. The Kier molecular flexibility index (Phi) is 7.67. The van der Waals surface area contributed by atoms with Crippen LogP contribution >= 0.6 is 18.7 Å². The van der Waals surface area contributed by atoms with Gasteiger partial charge in [-0.3, -0.25) is 9.34 Å². The maximum absolute atomic E-state index is 4.96. The molecule has 0 fully saturated rings. The van der Waals surface area contributed by atoms with Crippen molar-refractivity contribution < 1.29 is 0 Å². The number of fused-ring (bicyclic) bond motifs is 1. The number of hydrogen-bond donors (Lipinski definition) is 0. The monoisotopic (exact) mass is 428 g/mol. The summed E-state index contributed by atoms with van der Waals surface area (Å²) in [4.78, 5) is 9.52. The highest BCUT2D eigenvalue weighted by Gasteiger charge is 2.34. The number of rotatable bonds is 9. The highest BCUT2D eigenvalue weighted by atomic mass is 32.1. The van der Waals surface area contributed by atoms with E-state index in [-0.39, 0.29) is 0 Å². The van der Waals surface area contributed by atoms with Crippen molar-refractivity contribution in [1.82, 2.24) is 14.3 Å². The van der Waals surface area contributed by atoms with Gasteiger partial charge >= 0.3 is 0 Å². The molecule has 0 saturated heterocycles. The molecule has 2 aromatic carbocycles. The molecule has 3 aromatic rings. The predicted octanol–water partition coefficient (Wildman–Crippen LogP) is 6.34. The summed E-state index contributed by atoms with van der Waals surface area (Å²) in [6, 6.07) is 18.6. The zero-order chi connectivity index (χ0) is 20.7. The van der Waals surface area contributed by atoms with E-state index in [1.165, 1.54) is 16.6 Å². The lowest BCUT2D eigenvalue weighted by atomic mass is 10.3. The number of benzene rings is 2. The van der Waals surface area contributed by atoms with Gasteiger partial charge in [0.2, 0.25) is 5.13 Å². The van der Waals surface area contributed by atoms with Crippen LogP contribution in [-0.4, -0.2) is 40.5 Å². The molecule has 29 heavy (non-hydrogen) atoms. The van der Waals surface area contributed by atoms with Crippen molar-refractivity contribution in [2.75, 3.05) is 26.2 Å². The van der Waals surface area contributed by atoms with E-state index >= 15 is 0 Å². The quantitative estimate of drug-likeness (QED) is 0.227. The van der Waals surface area contributed by atoms with Gasteiger partial charge in [0.1, 0.15) is 0 Å². The van der Waals surface area contributed by atoms with Gasteiger partial charge in [0, 0.05) is 31.5 Å². The van der Waals surface area contributed by atoms with E-state index in [1.54, 1.807) is 0 Å². The molecule has 0 aliphatic heterocycles. The first-order valence-electron chi connectivity index (χ1n) is 10.1. The van der Waals surface area contributed by atoms with Gasteiger partial charge in [-0.05, 0) is 17.4 Å². The number of para-hydroxylation sites is 1. The summed E-state index contributed by atoms with van der Waals surface area (Å²) in [6.45, 7) is 12.3. The predicted molar refractivity (Wildman–Crippen MR) is 125 cm³/mol. The fourth-order valence-electron chi connectivity index (χ4n) is 3.55. The van der Waals surface area contributed by atoms with Gasteiger partial charge < -0.3 is 0 Å². The third-order valence-corrected chi connectivity index (χ3v) is 9.88. The summed E-state index contributed by atoms with van der Waals surface area (Å²) in [5, 5.41) is 10.6.